The zero-order valence-electron chi connectivity index (χ0n) is 10.8. The van der Waals surface area contributed by atoms with Crippen LogP contribution in [0.3, 0.4) is 0 Å². The highest BCUT2D eigenvalue weighted by Crippen LogP contribution is 2.18. The summed E-state index contributed by atoms with van der Waals surface area (Å²) in [7, 11) is 1.56. The molecule has 1 N–H and O–H groups in total. The zero-order chi connectivity index (χ0) is 13.8. The number of carbonyl (C=O) groups excluding carboxylic acids is 1. The first-order valence-electron chi connectivity index (χ1n) is 5.86. The molecule has 0 bridgehead atoms. The van der Waals surface area contributed by atoms with E-state index < -0.39 is 5.91 Å². The quantitative estimate of drug-likeness (QED) is 0.679. The van der Waals surface area contributed by atoms with E-state index in [2.05, 4.69) is 0 Å². The van der Waals surface area contributed by atoms with Crippen molar-refractivity contribution in [2.75, 3.05) is 12.2 Å². The lowest BCUT2D eigenvalue weighted by molar-refractivity contribution is 0.0854. The first kappa shape index (κ1) is 13.1. The normalized spacial score (nSPS) is 10.1. The van der Waals surface area contributed by atoms with Gasteiger partial charge in [-0.1, -0.05) is 12.1 Å². The summed E-state index contributed by atoms with van der Waals surface area (Å²) in [6.07, 6.45) is 0. The molecule has 98 valence electrons. The van der Waals surface area contributed by atoms with Crippen LogP contribution in [-0.4, -0.2) is 18.2 Å². The van der Waals surface area contributed by atoms with Gasteiger partial charge in [0.25, 0.3) is 5.91 Å². The summed E-state index contributed by atoms with van der Waals surface area (Å²) in [5, 5.41) is 10.6. The van der Waals surface area contributed by atoms with Gasteiger partial charge in [-0.2, -0.15) is 5.06 Å². The average molecular weight is 257 g/mol. The summed E-state index contributed by atoms with van der Waals surface area (Å²) in [4.78, 5) is 12.1. The van der Waals surface area contributed by atoms with Gasteiger partial charge in [0.15, 0.2) is 0 Å². The molecule has 0 aliphatic heterocycles. The van der Waals surface area contributed by atoms with E-state index in [0.717, 1.165) is 5.56 Å². The van der Waals surface area contributed by atoms with Crippen LogP contribution < -0.4 is 9.80 Å². The summed E-state index contributed by atoms with van der Waals surface area (Å²) in [6.45, 7) is 1.90. The fraction of sp³-hybridized carbons (Fsp3) is 0.133. The lowest BCUT2D eigenvalue weighted by atomic mass is 10.2. The van der Waals surface area contributed by atoms with Crippen molar-refractivity contribution in [2.45, 2.75) is 6.92 Å². The molecule has 4 nitrogen and oxygen atoms in total. The van der Waals surface area contributed by atoms with E-state index in [9.17, 15) is 10.0 Å². The van der Waals surface area contributed by atoms with Gasteiger partial charge in [-0.25, -0.2) is 0 Å². The van der Waals surface area contributed by atoms with Crippen molar-refractivity contribution in [3.8, 4) is 5.75 Å². The molecule has 0 unspecified atom stereocenters. The Morgan fingerprint density at radius 2 is 1.84 bits per heavy atom. The molecule has 0 saturated heterocycles. The van der Waals surface area contributed by atoms with Crippen LogP contribution in [0.2, 0.25) is 0 Å². The summed E-state index contributed by atoms with van der Waals surface area (Å²) >= 11 is 0. The largest absolute Gasteiger partial charge is 0.497 e. The highest BCUT2D eigenvalue weighted by molar-refractivity contribution is 6.04. The van der Waals surface area contributed by atoms with Gasteiger partial charge >= 0.3 is 0 Å². The Balaban J connectivity index is 2.23. The minimum atomic E-state index is -0.478. The zero-order valence-corrected chi connectivity index (χ0v) is 10.8. The van der Waals surface area contributed by atoms with E-state index >= 15 is 0 Å². The summed E-state index contributed by atoms with van der Waals surface area (Å²) in [5.41, 5.74) is 1.81. The van der Waals surface area contributed by atoms with Crippen molar-refractivity contribution in [3.05, 3.63) is 59.7 Å². The second-order valence-electron chi connectivity index (χ2n) is 4.18. The second kappa shape index (κ2) is 5.54. The molecule has 0 fully saturated rings. The second-order valence-corrected chi connectivity index (χ2v) is 4.18. The predicted octanol–water partition coefficient (Wildman–Crippen LogP) is 3.04. The van der Waals surface area contributed by atoms with Crippen LogP contribution >= 0.6 is 0 Å². The van der Waals surface area contributed by atoms with Gasteiger partial charge in [0.1, 0.15) is 5.75 Å². The van der Waals surface area contributed by atoms with Crippen molar-refractivity contribution < 1.29 is 14.7 Å². The number of benzene rings is 2. The van der Waals surface area contributed by atoms with Crippen molar-refractivity contribution in [1.29, 1.82) is 0 Å². The fourth-order valence-electron chi connectivity index (χ4n) is 1.73. The van der Waals surface area contributed by atoms with Crippen LogP contribution in [0, 0.1) is 6.92 Å². The van der Waals surface area contributed by atoms with E-state index in [4.69, 9.17) is 4.74 Å². The Kier molecular flexibility index (Phi) is 3.82. The summed E-state index contributed by atoms with van der Waals surface area (Å²) in [5.74, 6) is 0.185. The molecule has 0 saturated carbocycles. The van der Waals surface area contributed by atoms with Crippen LogP contribution in [0.5, 0.6) is 5.75 Å². The van der Waals surface area contributed by atoms with E-state index in [-0.39, 0.29) is 0 Å². The average Bonchev–Trinajstić information content (AvgIpc) is 2.46. The van der Waals surface area contributed by atoms with Gasteiger partial charge in [0, 0.05) is 5.56 Å². The van der Waals surface area contributed by atoms with E-state index in [1.807, 2.05) is 13.0 Å². The van der Waals surface area contributed by atoms with Crippen LogP contribution in [0.25, 0.3) is 0 Å². The number of aryl methyl sites for hydroxylation is 1. The summed E-state index contributed by atoms with van der Waals surface area (Å²) < 4.78 is 5.02. The van der Waals surface area contributed by atoms with Gasteiger partial charge in [-0.3, -0.25) is 10.0 Å². The lowest BCUT2D eigenvalue weighted by Crippen LogP contribution is -2.26. The number of rotatable bonds is 3. The number of hydroxylamine groups is 1. The van der Waals surface area contributed by atoms with Gasteiger partial charge < -0.3 is 4.74 Å². The molecule has 0 aromatic heterocycles. The Morgan fingerprint density at radius 3 is 2.42 bits per heavy atom. The Bertz CT molecular complexity index is 578. The van der Waals surface area contributed by atoms with Gasteiger partial charge in [0.05, 0.1) is 12.8 Å². The molecule has 1 amide bonds. The van der Waals surface area contributed by atoms with Crippen molar-refractivity contribution in [3.63, 3.8) is 0 Å². The van der Waals surface area contributed by atoms with Crippen LogP contribution in [-0.2, 0) is 0 Å². The summed E-state index contributed by atoms with van der Waals surface area (Å²) in [6, 6.07) is 13.7. The van der Waals surface area contributed by atoms with Crippen LogP contribution in [0.1, 0.15) is 15.9 Å². The molecule has 19 heavy (non-hydrogen) atoms. The molecule has 2 aromatic carbocycles. The maximum absolute atomic E-state index is 12.1. The fourth-order valence-corrected chi connectivity index (χ4v) is 1.73. The number of carbonyl (C=O) groups is 1. The molecule has 0 heterocycles. The third-order valence-electron chi connectivity index (χ3n) is 2.78. The monoisotopic (exact) mass is 257 g/mol. The number of ether oxygens (including phenoxy) is 1. The molecule has 0 atom stereocenters. The van der Waals surface area contributed by atoms with Crippen LogP contribution in [0.15, 0.2) is 48.5 Å². The van der Waals surface area contributed by atoms with Crippen molar-refractivity contribution in [2.24, 2.45) is 0 Å². The first-order valence-corrected chi connectivity index (χ1v) is 5.86. The van der Waals surface area contributed by atoms with Crippen molar-refractivity contribution in [1.82, 2.24) is 0 Å². The van der Waals surface area contributed by atoms with Crippen LogP contribution in [0.4, 0.5) is 5.69 Å². The molecule has 4 heteroatoms. The maximum Gasteiger partial charge on any atom is 0.281 e. The van der Waals surface area contributed by atoms with E-state index in [1.54, 1.807) is 49.6 Å². The number of hydrogen-bond donors (Lipinski definition) is 1. The molecular formula is C15H15NO3. The topological polar surface area (TPSA) is 49.8 Å². The van der Waals surface area contributed by atoms with Crippen molar-refractivity contribution >= 4 is 11.6 Å². The number of nitrogens with zero attached hydrogens (tertiary/aromatic N) is 1. The SMILES string of the molecule is COc1ccc(C(=O)N(O)c2cccc(C)c2)cc1. The Hall–Kier alpha value is -2.33. The number of amides is 1. The lowest BCUT2D eigenvalue weighted by Gasteiger charge is -2.15. The Labute approximate surface area is 111 Å². The molecule has 0 aliphatic rings. The molecule has 0 spiro atoms. The smallest absolute Gasteiger partial charge is 0.281 e. The third kappa shape index (κ3) is 2.92. The molecule has 2 aromatic rings. The minimum Gasteiger partial charge on any atom is -0.497 e. The molecular weight excluding hydrogens is 242 g/mol. The van der Waals surface area contributed by atoms with Gasteiger partial charge in [-0.05, 0) is 48.9 Å². The number of hydrogen-bond acceptors (Lipinski definition) is 3. The van der Waals surface area contributed by atoms with E-state index in [1.165, 1.54) is 0 Å². The van der Waals surface area contributed by atoms with E-state index in [0.29, 0.717) is 22.1 Å². The highest BCUT2D eigenvalue weighted by atomic mass is 16.5. The molecule has 2 rings (SSSR count). The predicted molar refractivity (Wildman–Crippen MR) is 72.8 cm³/mol. The Morgan fingerprint density at radius 1 is 1.16 bits per heavy atom. The van der Waals surface area contributed by atoms with Gasteiger partial charge in [-0.15, -0.1) is 0 Å². The maximum atomic E-state index is 12.1. The standard InChI is InChI=1S/C15H15NO3/c1-11-4-3-5-13(10-11)16(18)15(17)12-6-8-14(19-2)9-7-12/h3-10,18H,1-2H3. The number of anilines is 1. The molecule has 0 radical (unpaired) electrons. The number of methoxy groups -OCH3 is 1. The molecule has 0 aliphatic carbocycles. The van der Waals surface area contributed by atoms with Gasteiger partial charge in [0.2, 0.25) is 0 Å². The third-order valence-corrected chi connectivity index (χ3v) is 2.78. The highest BCUT2D eigenvalue weighted by Gasteiger charge is 2.15. The minimum absolute atomic E-state index is 0.393. The first-order chi connectivity index (χ1) is 9.11.